The molecule has 1 atom stereocenters. The first-order chi connectivity index (χ1) is 15.5. The smallest absolute Gasteiger partial charge is 0.417 e. The number of carbonyl (C=O) groups is 2. The molecule has 33 heavy (non-hydrogen) atoms. The van der Waals surface area contributed by atoms with Crippen molar-refractivity contribution in [3.05, 3.63) is 46.4 Å². The molecule has 0 saturated carbocycles. The minimum absolute atomic E-state index is 0.118. The summed E-state index contributed by atoms with van der Waals surface area (Å²) in [5, 5.41) is 0. The van der Waals surface area contributed by atoms with Crippen LogP contribution in [-0.4, -0.2) is 65.4 Å². The Morgan fingerprint density at radius 1 is 1.18 bits per heavy atom. The molecule has 2 aromatic rings. The number of carbonyl (C=O) groups excluding carboxylic acids is 2. The number of H-pyrrole nitrogens is 1. The fourth-order valence-electron chi connectivity index (χ4n) is 4.18. The Balaban J connectivity index is 1.69. The Kier molecular flexibility index (Phi) is 7.46. The average molecular weight is 467 g/mol. The molecule has 10 heteroatoms. The molecule has 1 saturated heterocycles. The van der Waals surface area contributed by atoms with Gasteiger partial charge in [0, 0.05) is 38.1 Å². The molecule has 0 unspecified atom stereocenters. The van der Waals surface area contributed by atoms with E-state index in [1.165, 1.54) is 6.07 Å². The Morgan fingerprint density at radius 2 is 1.91 bits per heavy atom. The molecule has 7 nitrogen and oxygen atoms in total. The lowest BCUT2D eigenvalue weighted by Crippen LogP contribution is -2.41. The Bertz CT molecular complexity index is 1000. The molecular weight excluding hydrogens is 437 g/mol. The molecule has 1 N–H and O–H groups in total. The number of pyridine rings is 1. The standard InChI is InChI=1S/C23H29F3N4O3/c1-5-33-22(32)19-14(2)20(28-15(19)3)21(31)16(4)29-9-6-10-30(12-11-29)18-8-7-17(13-27-18)23(24,25)26/h7-8,13,16,28H,5-6,9-12H2,1-4H3/t16-/m0/s1. The first kappa shape index (κ1) is 24.8. The zero-order valence-corrected chi connectivity index (χ0v) is 19.3. The van der Waals surface area contributed by atoms with Gasteiger partial charge in [0.15, 0.2) is 5.78 Å². The zero-order chi connectivity index (χ0) is 24.3. The van der Waals surface area contributed by atoms with Gasteiger partial charge in [-0.3, -0.25) is 9.69 Å². The minimum atomic E-state index is -4.42. The van der Waals surface area contributed by atoms with E-state index in [2.05, 4.69) is 9.97 Å². The first-order valence-corrected chi connectivity index (χ1v) is 11.0. The topological polar surface area (TPSA) is 78.5 Å². The van der Waals surface area contributed by atoms with Crippen LogP contribution in [0.3, 0.4) is 0 Å². The monoisotopic (exact) mass is 466 g/mol. The van der Waals surface area contributed by atoms with Crippen LogP contribution in [0.5, 0.6) is 0 Å². The van der Waals surface area contributed by atoms with Gasteiger partial charge < -0.3 is 14.6 Å². The van der Waals surface area contributed by atoms with Gasteiger partial charge >= 0.3 is 12.1 Å². The normalized spacial score (nSPS) is 16.4. The van der Waals surface area contributed by atoms with Gasteiger partial charge in [-0.2, -0.15) is 13.2 Å². The number of Topliss-reactive ketones (excluding diaryl/α,β-unsaturated/α-hetero) is 1. The van der Waals surface area contributed by atoms with Gasteiger partial charge in [-0.05, 0) is 51.8 Å². The second kappa shape index (κ2) is 9.94. The number of aryl methyl sites for hydroxylation is 1. The summed E-state index contributed by atoms with van der Waals surface area (Å²) >= 11 is 0. The molecule has 3 rings (SSSR count). The number of alkyl halides is 3. The van der Waals surface area contributed by atoms with Crippen LogP contribution in [0, 0.1) is 13.8 Å². The van der Waals surface area contributed by atoms with Crippen molar-refractivity contribution in [1.29, 1.82) is 0 Å². The third-order valence-corrected chi connectivity index (χ3v) is 6.02. The van der Waals surface area contributed by atoms with Crippen LogP contribution in [0.2, 0.25) is 0 Å². The second-order valence-corrected chi connectivity index (χ2v) is 8.17. The molecule has 0 bridgehead atoms. The van der Waals surface area contributed by atoms with Crippen molar-refractivity contribution in [2.75, 3.05) is 37.7 Å². The fourth-order valence-corrected chi connectivity index (χ4v) is 4.18. The number of ketones is 1. The number of esters is 1. The SMILES string of the molecule is CCOC(=O)c1c(C)[nH]c(C(=O)[C@H](C)N2CCCN(c3ccc(C(F)(F)F)cn3)CC2)c1C. The highest BCUT2D eigenvalue weighted by atomic mass is 19.4. The van der Waals surface area contributed by atoms with E-state index in [0.29, 0.717) is 54.5 Å². The predicted octanol–water partition coefficient (Wildman–Crippen LogP) is 4.01. The van der Waals surface area contributed by atoms with Gasteiger partial charge in [-0.15, -0.1) is 0 Å². The van der Waals surface area contributed by atoms with Crippen molar-refractivity contribution < 1.29 is 27.5 Å². The van der Waals surface area contributed by atoms with Crippen molar-refractivity contribution in [2.24, 2.45) is 0 Å². The summed E-state index contributed by atoms with van der Waals surface area (Å²) in [6.45, 7) is 9.65. The molecule has 180 valence electrons. The molecular formula is C23H29F3N4O3. The van der Waals surface area contributed by atoms with Crippen molar-refractivity contribution in [1.82, 2.24) is 14.9 Å². The number of hydrogen-bond acceptors (Lipinski definition) is 6. The highest BCUT2D eigenvalue weighted by Crippen LogP contribution is 2.29. The minimum Gasteiger partial charge on any atom is -0.462 e. The van der Waals surface area contributed by atoms with Gasteiger partial charge in [-0.25, -0.2) is 9.78 Å². The fraction of sp³-hybridized carbons (Fsp3) is 0.522. The molecule has 0 amide bonds. The first-order valence-electron chi connectivity index (χ1n) is 11.0. The molecule has 0 aliphatic carbocycles. The number of nitrogens with one attached hydrogen (secondary N) is 1. The van der Waals surface area contributed by atoms with Crippen LogP contribution in [0.1, 0.15) is 57.9 Å². The van der Waals surface area contributed by atoms with Crippen molar-refractivity contribution in [2.45, 2.75) is 46.3 Å². The summed E-state index contributed by atoms with van der Waals surface area (Å²) in [7, 11) is 0. The lowest BCUT2D eigenvalue weighted by molar-refractivity contribution is -0.137. The highest BCUT2D eigenvalue weighted by Gasteiger charge is 2.32. The van der Waals surface area contributed by atoms with E-state index in [9.17, 15) is 22.8 Å². The second-order valence-electron chi connectivity index (χ2n) is 8.17. The third kappa shape index (κ3) is 5.38. The number of aromatic nitrogens is 2. The largest absolute Gasteiger partial charge is 0.462 e. The Labute approximate surface area is 190 Å². The maximum absolute atomic E-state index is 13.2. The Hall–Kier alpha value is -2.88. The molecule has 0 spiro atoms. The maximum atomic E-state index is 13.2. The summed E-state index contributed by atoms with van der Waals surface area (Å²) in [5.41, 5.74) is 1.18. The van der Waals surface area contributed by atoms with Crippen molar-refractivity contribution >= 4 is 17.6 Å². The zero-order valence-electron chi connectivity index (χ0n) is 19.3. The predicted molar refractivity (Wildman–Crippen MR) is 118 cm³/mol. The number of rotatable bonds is 6. The molecule has 3 heterocycles. The van der Waals surface area contributed by atoms with E-state index in [1.54, 1.807) is 20.8 Å². The summed E-state index contributed by atoms with van der Waals surface area (Å²) in [4.78, 5) is 36.5. The number of aromatic amines is 1. The third-order valence-electron chi connectivity index (χ3n) is 6.02. The van der Waals surface area contributed by atoms with Gasteiger partial charge in [0.2, 0.25) is 0 Å². The van der Waals surface area contributed by atoms with Crippen LogP contribution in [0.4, 0.5) is 19.0 Å². The van der Waals surface area contributed by atoms with Crippen LogP contribution in [0.25, 0.3) is 0 Å². The van der Waals surface area contributed by atoms with E-state index in [0.717, 1.165) is 18.7 Å². The van der Waals surface area contributed by atoms with Gasteiger partial charge in [0.25, 0.3) is 0 Å². The summed E-state index contributed by atoms with van der Waals surface area (Å²) in [6, 6.07) is 1.99. The molecule has 1 fully saturated rings. The van der Waals surface area contributed by atoms with E-state index in [4.69, 9.17) is 4.74 Å². The molecule has 2 aromatic heterocycles. The number of anilines is 1. The summed E-state index contributed by atoms with van der Waals surface area (Å²) in [6.07, 6.45) is -2.84. The number of halogens is 3. The van der Waals surface area contributed by atoms with E-state index in [1.807, 2.05) is 16.7 Å². The molecule has 0 radical (unpaired) electrons. The average Bonchev–Trinajstić information content (AvgIpc) is 2.93. The number of ether oxygens (including phenoxy) is 1. The highest BCUT2D eigenvalue weighted by molar-refractivity contribution is 6.03. The number of nitrogens with zero attached hydrogens (tertiary/aromatic N) is 3. The van der Waals surface area contributed by atoms with Crippen molar-refractivity contribution in [3.8, 4) is 0 Å². The van der Waals surface area contributed by atoms with Gasteiger partial charge in [0.1, 0.15) is 5.82 Å². The van der Waals surface area contributed by atoms with Crippen molar-refractivity contribution in [3.63, 3.8) is 0 Å². The van der Waals surface area contributed by atoms with Crippen LogP contribution in [-0.2, 0) is 10.9 Å². The maximum Gasteiger partial charge on any atom is 0.417 e. The lowest BCUT2D eigenvalue weighted by atomic mass is 10.0. The lowest BCUT2D eigenvalue weighted by Gasteiger charge is -2.27. The Morgan fingerprint density at radius 3 is 2.52 bits per heavy atom. The van der Waals surface area contributed by atoms with E-state index >= 15 is 0 Å². The van der Waals surface area contributed by atoms with Crippen LogP contribution >= 0.6 is 0 Å². The summed E-state index contributed by atoms with van der Waals surface area (Å²) < 4.78 is 43.5. The molecule has 0 aromatic carbocycles. The number of hydrogen-bond donors (Lipinski definition) is 1. The van der Waals surface area contributed by atoms with E-state index < -0.39 is 23.8 Å². The molecule has 1 aliphatic heterocycles. The van der Waals surface area contributed by atoms with Gasteiger partial charge in [-0.1, -0.05) is 0 Å². The molecule has 1 aliphatic rings. The van der Waals surface area contributed by atoms with E-state index in [-0.39, 0.29) is 12.4 Å². The quantitative estimate of drug-likeness (QED) is 0.512. The van der Waals surface area contributed by atoms with Gasteiger partial charge in [0.05, 0.1) is 29.5 Å². The summed E-state index contributed by atoms with van der Waals surface area (Å²) in [5.74, 6) is -0.0871. The van der Waals surface area contributed by atoms with Crippen LogP contribution in [0.15, 0.2) is 18.3 Å². The van der Waals surface area contributed by atoms with Crippen LogP contribution < -0.4 is 4.90 Å².